The number of rotatable bonds is 3. The van der Waals surface area contributed by atoms with Crippen LogP contribution in [-0.4, -0.2) is 9.97 Å². The average Bonchev–Trinajstić information content (AvgIpc) is 3.46. The maximum atomic E-state index is 5.24. The molecule has 208 valence electrons. The summed E-state index contributed by atoms with van der Waals surface area (Å²) in [6, 6.07) is 15.9. The third-order valence-electron chi connectivity index (χ3n) is 9.82. The topological polar surface area (TPSA) is 25.8 Å². The van der Waals surface area contributed by atoms with Gasteiger partial charge in [0, 0.05) is 44.2 Å². The molecule has 0 bridgehead atoms. The first-order valence-corrected chi connectivity index (χ1v) is 16.4. The van der Waals surface area contributed by atoms with Crippen molar-refractivity contribution in [3.63, 3.8) is 0 Å². The van der Waals surface area contributed by atoms with Crippen LogP contribution in [0.2, 0.25) is 0 Å². The van der Waals surface area contributed by atoms with Gasteiger partial charge in [0.25, 0.3) is 0 Å². The van der Waals surface area contributed by atoms with E-state index in [-0.39, 0.29) is 5.92 Å². The number of nitrogens with zero attached hydrogens (tertiary/aromatic N) is 2. The Bertz CT molecular complexity index is 2010. The molecule has 43 heavy (non-hydrogen) atoms. The van der Waals surface area contributed by atoms with Crippen molar-refractivity contribution in [3.05, 3.63) is 154 Å². The van der Waals surface area contributed by atoms with E-state index in [4.69, 9.17) is 9.97 Å². The lowest BCUT2D eigenvalue weighted by Crippen LogP contribution is -2.19. The van der Waals surface area contributed by atoms with Crippen LogP contribution in [0.4, 0.5) is 0 Å². The molecule has 2 nitrogen and oxygen atoms in total. The minimum atomic E-state index is 0.247. The Morgan fingerprint density at radius 1 is 0.837 bits per heavy atom. The predicted octanol–water partition coefficient (Wildman–Crippen LogP) is 10.3. The highest BCUT2D eigenvalue weighted by molar-refractivity contribution is 7.19. The van der Waals surface area contributed by atoms with Crippen molar-refractivity contribution in [2.45, 2.75) is 43.4 Å². The Balaban J connectivity index is 0.982. The number of fused-ring (bicyclic) bond motifs is 9. The van der Waals surface area contributed by atoms with Crippen molar-refractivity contribution in [2.75, 3.05) is 0 Å². The molecule has 5 aliphatic rings. The van der Waals surface area contributed by atoms with Gasteiger partial charge in [-0.1, -0.05) is 103 Å². The number of aryl methyl sites for hydroxylation is 1. The zero-order valence-electron chi connectivity index (χ0n) is 24.0. The summed E-state index contributed by atoms with van der Waals surface area (Å²) in [6.45, 7) is 0. The van der Waals surface area contributed by atoms with Crippen molar-refractivity contribution in [1.82, 2.24) is 9.97 Å². The van der Waals surface area contributed by atoms with Gasteiger partial charge in [-0.2, -0.15) is 0 Å². The third kappa shape index (κ3) is 4.21. The Labute approximate surface area is 256 Å². The highest BCUT2D eigenvalue weighted by Crippen LogP contribution is 2.48. The van der Waals surface area contributed by atoms with Crippen molar-refractivity contribution < 1.29 is 0 Å². The minimum Gasteiger partial charge on any atom is -0.256 e. The molecule has 0 aliphatic heterocycles. The number of aromatic nitrogens is 2. The van der Waals surface area contributed by atoms with Gasteiger partial charge in [0.15, 0.2) is 0 Å². The summed E-state index contributed by atoms with van der Waals surface area (Å²) in [5, 5.41) is 1.43. The van der Waals surface area contributed by atoms with E-state index in [2.05, 4.69) is 115 Å². The van der Waals surface area contributed by atoms with Crippen LogP contribution >= 0.6 is 11.3 Å². The van der Waals surface area contributed by atoms with Gasteiger partial charge in [0.1, 0.15) is 0 Å². The van der Waals surface area contributed by atoms with Crippen LogP contribution in [0.3, 0.4) is 0 Å². The number of hydrogen-bond donors (Lipinski definition) is 0. The first-order valence-electron chi connectivity index (χ1n) is 15.6. The van der Waals surface area contributed by atoms with Gasteiger partial charge in [-0.25, -0.2) is 4.98 Å². The van der Waals surface area contributed by atoms with E-state index < -0.39 is 0 Å². The molecule has 0 spiro atoms. The lowest BCUT2D eigenvalue weighted by atomic mass is 9.73. The number of benzene rings is 2. The highest BCUT2D eigenvalue weighted by Gasteiger charge is 2.34. The summed E-state index contributed by atoms with van der Waals surface area (Å²) in [7, 11) is 0. The van der Waals surface area contributed by atoms with Crippen molar-refractivity contribution in [2.24, 2.45) is 5.92 Å². The van der Waals surface area contributed by atoms with Gasteiger partial charge < -0.3 is 0 Å². The standard InChI is InChI=1S/C40H32N2S/c1-3-13-33-30(10-1)31-11-2-4-14-34(31)40-39(33)41-24-36(42-40)26-18-16-25(17-19-26)27-8-7-9-28(22-27)29-20-21-38-35(23-29)32-12-5-6-15-37(32)43-38/h1-5,7-8,10-14,16,18-25,28,30,33H,6,9,15,17H2. The maximum absolute atomic E-state index is 5.24. The van der Waals surface area contributed by atoms with E-state index in [1.807, 2.05) is 17.5 Å². The molecule has 5 aliphatic carbocycles. The molecular formula is C40H32N2S. The lowest BCUT2D eigenvalue weighted by molar-refractivity contribution is 0.691. The molecule has 0 N–H and O–H groups in total. The van der Waals surface area contributed by atoms with Gasteiger partial charge in [-0.05, 0) is 65.7 Å². The zero-order valence-corrected chi connectivity index (χ0v) is 24.8. The fraction of sp³-hybridized carbons (Fsp3) is 0.200. The van der Waals surface area contributed by atoms with Crippen molar-refractivity contribution in [1.29, 1.82) is 0 Å². The second-order valence-corrected chi connectivity index (χ2v) is 13.4. The van der Waals surface area contributed by atoms with E-state index >= 15 is 0 Å². The zero-order chi connectivity index (χ0) is 28.3. The Kier molecular flexibility index (Phi) is 5.94. The van der Waals surface area contributed by atoms with Crippen LogP contribution in [0.25, 0.3) is 33.0 Å². The van der Waals surface area contributed by atoms with Crippen LogP contribution < -0.4 is 0 Å². The largest absolute Gasteiger partial charge is 0.256 e. The number of hydrogen-bond acceptors (Lipinski definition) is 3. The molecule has 3 heteroatoms. The molecule has 2 aromatic carbocycles. The average molecular weight is 573 g/mol. The Hall–Kier alpha value is -4.34. The lowest BCUT2D eigenvalue weighted by Gasteiger charge is -2.32. The van der Waals surface area contributed by atoms with Crippen LogP contribution in [-0.2, 0) is 6.42 Å². The molecule has 4 unspecified atom stereocenters. The quantitative estimate of drug-likeness (QED) is 0.244. The second-order valence-electron chi connectivity index (χ2n) is 12.3. The summed E-state index contributed by atoms with van der Waals surface area (Å²) >= 11 is 1.97. The molecule has 4 atom stereocenters. The molecule has 0 radical (unpaired) electrons. The van der Waals surface area contributed by atoms with E-state index in [1.54, 1.807) is 4.88 Å². The second kappa shape index (κ2) is 10.1. The highest BCUT2D eigenvalue weighted by atomic mass is 32.1. The first-order chi connectivity index (χ1) is 21.3. The van der Waals surface area contributed by atoms with E-state index in [0.717, 1.165) is 29.9 Å². The molecular weight excluding hydrogens is 541 g/mol. The molecule has 4 aromatic rings. The van der Waals surface area contributed by atoms with E-state index in [0.29, 0.717) is 17.8 Å². The fourth-order valence-electron chi connectivity index (χ4n) is 7.59. The summed E-state index contributed by atoms with van der Waals surface area (Å²) in [6.07, 6.45) is 34.1. The predicted molar refractivity (Wildman–Crippen MR) is 180 cm³/mol. The third-order valence-corrected chi connectivity index (χ3v) is 11.1. The normalized spacial score (nSPS) is 24.7. The Morgan fingerprint density at radius 3 is 2.70 bits per heavy atom. The van der Waals surface area contributed by atoms with Crippen LogP contribution in [0.1, 0.15) is 70.0 Å². The first kappa shape index (κ1) is 25.2. The van der Waals surface area contributed by atoms with Crippen LogP contribution in [0.15, 0.2) is 121 Å². The molecule has 9 rings (SSSR count). The fourth-order valence-corrected chi connectivity index (χ4v) is 8.78. The van der Waals surface area contributed by atoms with Gasteiger partial charge in [-0.15, -0.1) is 11.3 Å². The van der Waals surface area contributed by atoms with Crippen LogP contribution in [0, 0.1) is 5.92 Å². The summed E-state index contributed by atoms with van der Waals surface area (Å²) in [5.74, 6) is 1.38. The summed E-state index contributed by atoms with van der Waals surface area (Å²) < 4.78 is 1.42. The smallest absolute Gasteiger partial charge is 0.0934 e. The molecule has 0 fully saturated rings. The molecule has 0 saturated carbocycles. The van der Waals surface area contributed by atoms with Gasteiger partial charge in [0.2, 0.25) is 0 Å². The van der Waals surface area contributed by atoms with Crippen molar-refractivity contribution >= 4 is 33.1 Å². The molecule has 0 saturated heterocycles. The molecule has 2 aromatic heterocycles. The summed E-state index contributed by atoms with van der Waals surface area (Å²) in [4.78, 5) is 11.8. The SMILES string of the molecule is C1=CC2c3ccccc3-c3nc(C4=CCC(C5=CC(c6ccc7sc8c(c7c6)C=CCC8)CC=C5)C=C4)cnc3C2C=C1. The maximum Gasteiger partial charge on any atom is 0.0934 e. The van der Waals surface area contributed by atoms with Gasteiger partial charge >= 0.3 is 0 Å². The monoisotopic (exact) mass is 572 g/mol. The molecule has 2 heterocycles. The molecule has 0 amide bonds. The summed E-state index contributed by atoms with van der Waals surface area (Å²) in [5.41, 5.74) is 11.1. The van der Waals surface area contributed by atoms with Crippen molar-refractivity contribution in [3.8, 4) is 11.3 Å². The van der Waals surface area contributed by atoms with Gasteiger partial charge in [0.05, 0.1) is 23.3 Å². The number of allylic oxidation sites excluding steroid dienone is 13. The van der Waals surface area contributed by atoms with E-state index in [9.17, 15) is 0 Å². The minimum absolute atomic E-state index is 0.247. The van der Waals surface area contributed by atoms with E-state index in [1.165, 1.54) is 56.3 Å². The number of thiophene rings is 1. The Morgan fingerprint density at radius 2 is 1.77 bits per heavy atom. The van der Waals surface area contributed by atoms with Crippen LogP contribution in [0.5, 0.6) is 0 Å². The van der Waals surface area contributed by atoms with Gasteiger partial charge in [-0.3, -0.25) is 4.98 Å².